The van der Waals surface area contributed by atoms with E-state index in [1.165, 1.54) is 44.9 Å². The van der Waals surface area contributed by atoms with Gasteiger partial charge in [-0.1, -0.05) is 62.6 Å². The molecule has 126 valence electrons. The molecule has 0 aromatic heterocycles. The van der Waals surface area contributed by atoms with Gasteiger partial charge in [-0.25, -0.2) is 0 Å². The van der Waals surface area contributed by atoms with E-state index in [1.807, 2.05) is 6.08 Å². The Morgan fingerprint density at radius 1 is 0.682 bits per heavy atom. The molecule has 0 fully saturated rings. The lowest BCUT2D eigenvalue weighted by molar-refractivity contribution is -0.136. The highest BCUT2D eigenvalue weighted by molar-refractivity contribution is 5.66. The first-order valence-corrected chi connectivity index (χ1v) is 8.94. The second-order valence-electron chi connectivity index (χ2n) is 5.68. The van der Waals surface area contributed by atoms with Crippen molar-refractivity contribution in [2.45, 2.75) is 84.0 Å². The third-order valence-electron chi connectivity index (χ3n) is 3.50. The molecule has 0 bridgehead atoms. The van der Waals surface area contributed by atoms with Gasteiger partial charge in [-0.05, 0) is 51.4 Å². The van der Waals surface area contributed by atoms with Crippen LogP contribution in [0.1, 0.15) is 84.0 Å². The molecule has 0 aliphatic carbocycles. The molecule has 0 amide bonds. The molecule has 0 saturated heterocycles. The standard InChI is InChI=1S/C20H34O2/c1-2-3-4-5-6-7-8-9-10-11-12-13-14-15-16-17-18-19-20(21)22/h3-4,12-13,16-17H,2,5-11,14-15,18-19H2,1H3,(H,21,22)/b4-3+,13-12+,17-16+. The summed E-state index contributed by atoms with van der Waals surface area (Å²) in [5.74, 6) is -0.720. The third-order valence-corrected chi connectivity index (χ3v) is 3.50. The molecular formula is C20H34O2. The van der Waals surface area contributed by atoms with Gasteiger partial charge < -0.3 is 5.11 Å². The van der Waals surface area contributed by atoms with Crippen molar-refractivity contribution in [3.63, 3.8) is 0 Å². The number of hydrogen-bond donors (Lipinski definition) is 1. The van der Waals surface area contributed by atoms with Crippen LogP contribution in [0.15, 0.2) is 36.5 Å². The average molecular weight is 306 g/mol. The van der Waals surface area contributed by atoms with Crippen LogP contribution in [0.3, 0.4) is 0 Å². The van der Waals surface area contributed by atoms with Gasteiger partial charge in [0.15, 0.2) is 0 Å². The number of rotatable bonds is 15. The zero-order chi connectivity index (χ0) is 16.3. The molecule has 1 N–H and O–H groups in total. The van der Waals surface area contributed by atoms with Crippen LogP contribution in [-0.4, -0.2) is 11.1 Å². The highest BCUT2D eigenvalue weighted by atomic mass is 16.4. The smallest absolute Gasteiger partial charge is 0.303 e. The Kier molecular flexibility index (Phi) is 16.7. The zero-order valence-corrected chi connectivity index (χ0v) is 14.3. The first kappa shape index (κ1) is 20.7. The Morgan fingerprint density at radius 2 is 1.14 bits per heavy atom. The van der Waals surface area contributed by atoms with Gasteiger partial charge in [0.1, 0.15) is 0 Å². The highest BCUT2D eigenvalue weighted by Gasteiger charge is 1.91. The maximum Gasteiger partial charge on any atom is 0.303 e. The number of carboxylic acid groups (broad SMARTS) is 1. The van der Waals surface area contributed by atoms with Gasteiger partial charge in [0, 0.05) is 6.42 Å². The summed E-state index contributed by atoms with van der Waals surface area (Å²) in [6, 6.07) is 0. The molecule has 0 aromatic rings. The fourth-order valence-corrected chi connectivity index (χ4v) is 2.21. The summed E-state index contributed by atoms with van der Waals surface area (Å²) in [5.41, 5.74) is 0. The minimum atomic E-state index is -0.720. The SMILES string of the molecule is CC/C=C/CCCCCCC/C=C/CC/C=C/CCC(=O)O. The van der Waals surface area contributed by atoms with E-state index in [0.717, 1.165) is 19.3 Å². The Bertz CT molecular complexity index is 327. The molecule has 2 heteroatoms. The minimum Gasteiger partial charge on any atom is -0.481 e. The summed E-state index contributed by atoms with van der Waals surface area (Å²) in [6.07, 6.45) is 26.4. The van der Waals surface area contributed by atoms with Gasteiger partial charge in [0.2, 0.25) is 0 Å². The van der Waals surface area contributed by atoms with Crippen molar-refractivity contribution in [2.75, 3.05) is 0 Å². The molecule has 0 aliphatic rings. The number of unbranched alkanes of at least 4 members (excludes halogenated alkanes) is 7. The van der Waals surface area contributed by atoms with Crippen LogP contribution in [0.4, 0.5) is 0 Å². The molecule has 0 aromatic carbocycles. The van der Waals surface area contributed by atoms with Crippen LogP contribution in [0.2, 0.25) is 0 Å². The minimum absolute atomic E-state index is 0.237. The van der Waals surface area contributed by atoms with E-state index in [4.69, 9.17) is 5.11 Å². The van der Waals surface area contributed by atoms with Gasteiger partial charge in [-0.2, -0.15) is 0 Å². The van der Waals surface area contributed by atoms with Crippen molar-refractivity contribution < 1.29 is 9.90 Å². The summed E-state index contributed by atoms with van der Waals surface area (Å²) in [5, 5.41) is 8.49. The van der Waals surface area contributed by atoms with Crippen LogP contribution in [-0.2, 0) is 4.79 Å². The molecule has 0 aliphatic heterocycles. The largest absolute Gasteiger partial charge is 0.481 e. The maximum absolute atomic E-state index is 10.3. The fourth-order valence-electron chi connectivity index (χ4n) is 2.21. The summed E-state index contributed by atoms with van der Waals surface area (Å²) >= 11 is 0. The van der Waals surface area contributed by atoms with Crippen molar-refractivity contribution in [1.29, 1.82) is 0 Å². The molecule has 0 spiro atoms. The predicted molar refractivity (Wildman–Crippen MR) is 96.1 cm³/mol. The van der Waals surface area contributed by atoms with Gasteiger partial charge in [-0.3, -0.25) is 4.79 Å². The number of carboxylic acids is 1. The van der Waals surface area contributed by atoms with E-state index < -0.39 is 5.97 Å². The fraction of sp³-hybridized carbons (Fsp3) is 0.650. The monoisotopic (exact) mass is 306 g/mol. The quantitative estimate of drug-likeness (QED) is 0.279. The molecule has 22 heavy (non-hydrogen) atoms. The Balaban J connectivity index is 3.21. The third kappa shape index (κ3) is 18.7. The van der Waals surface area contributed by atoms with E-state index in [1.54, 1.807) is 0 Å². The topological polar surface area (TPSA) is 37.3 Å². The second kappa shape index (κ2) is 17.7. The van der Waals surface area contributed by atoms with Crippen molar-refractivity contribution >= 4 is 5.97 Å². The van der Waals surface area contributed by atoms with E-state index in [2.05, 4.69) is 37.3 Å². The Morgan fingerprint density at radius 3 is 1.68 bits per heavy atom. The average Bonchev–Trinajstić information content (AvgIpc) is 2.50. The van der Waals surface area contributed by atoms with Crippen LogP contribution < -0.4 is 0 Å². The molecule has 0 rings (SSSR count). The highest BCUT2D eigenvalue weighted by Crippen LogP contribution is 2.08. The molecule has 0 unspecified atom stereocenters. The molecule has 0 radical (unpaired) electrons. The zero-order valence-electron chi connectivity index (χ0n) is 14.3. The number of aliphatic carboxylic acids is 1. The number of carbonyl (C=O) groups is 1. The van der Waals surface area contributed by atoms with Crippen molar-refractivity contribution in [3.05, 3.63) is 36.5 Å². The second-order valence-corrected chi connectivity index (χ2v) is 5.68. The first-order chi connectivity index (χ1) is 10.8. The van der Waals surface area contributed by atoms with Crippen LogP contribution in [0, 0.1) is 0 Å². The van der Waals surface area contributed by atoms with Crippen molar-refractivity contribution in [3.8, 4) is 0 Å². The normalized spacial score (nSPS) is 12.0. The van der Waals surface area contributed by atoms with E-state index >= 15 is 0 Å². The Hall–Kier alpha value is -1.31. The van der Waals surface area contributed by atoms with Gasteiger partial charge in [0.25, 0.3) is 0 Å². The van der Waals surface area contributed by atoms with Crippen LogP contribution >= 0.6 is 0 Å². The number of allylic oxidation sites excluding steroid dienone is 6. The molecule has 0 atom stereocenters. The molecule has 0 heterocycles. The van der Waals surface area contributed by atoms with Crippen LogP contribution in [0.25, 0.3) is 0 Å². The first-order valence-electron chi connectivity index (χ1n) is 8.94. The van der Waals surface area contributed by atoms with Crippen molar-refractivity contribution in [1.82, 2.24) is 0 Å². The lowest BCUT2D eigenvalue weighted by Gasteiger charge is -1.98. The molecular weight excluding hydrogens is 272 g/mol. The van der Waals surface area contributed by atoms with Gasteiger partial charge >= 0.3 is 5.97 Å². The van der Waals surface area contributed by atoms with Gasteiger partial charge in [-0.15, -0.1) is 0 Å². The lowest BCUT2D eigenvalue weighted by Crippen LogP contribution is -1.91. The van der Waals surface area contributed by atoms with Crippen LogP contribution in [0.5, 0.6) is 0 Å². The van der Waals surface area contributed by atoms with E-state index in [0.29, 0.717) is 6.42 Å². The lowest BCUT2D eigenvalue weighted by atomic mass is 10.1. The number of hydrogen-bond acceptors (Lipinski definition) is 1. The Labute approximate surface area is 137 Å². The summed E-state index contributed by atoms with van der Waals surface area (Å²) in [6.45, 7) is 2.18. The summed E-state index contributed by atoms with van der Waals surface area (Å²) in [4.78, 5) is 10.3. The summed E-state index contributed by atoms with van der Waals surface area (Å²) in [7, 11) is 0. The van der Waals surface area contributed by atoms with Gasteiger partial charge in [0.05, 0.1) is 0 Å². The molecule has 2 nitrogen and oxygen atoms in total. The van der Waals surface area contributed by atoms with Crippen molar-refractivity contribution in [2.24, 2.45) is 0 Å². The predicted octanol–water partition coefficient (Wildman–Crippen LogP) is 6.44. The van der Waals surface area contributed by atoms with E-state index in [9.17, 15) is 4.79 Å². The van der Waals surface area contributed by atoms with E-state index in [-0.39, 0.29) is 6.42 Å². The maximum atomic E-state index is 10.3. The molecule has 0 saturated carbocycles. The summed E-state index contributed by atoms with van der Waals surface area (Å²) < 4.78 is 0.